The zero-order valence-electron chi connectivity index (χ0n) is 26.5. The highest BCUT2D eigenvalue weighted by Gasteiger charge is 2.12. The maximum Gasteiger partial charge on any atom is 0.0366 e. The molecular formula is C42H43N. The van der Waals surface area contributed by atoms with Gasteiger partial charge in [0.25, 0.3) is 0 Å². The summed E-state index contributed by atoms with van der Waals surface area (Å²) in [5.74, 6) is 0. The van der Waals surface area contributed by atoms with Gasteiger partial charge in [-0.05, 0) is 121 Å². The predicted molar refractivity (Wildman–Crippen MR) is 189 cm³/mol. The first-order chi connectivity index (χ1) is 20.9. The van der Waals surface area contributed by atoms with Gasteiger partial charge in [0, 0.05) is 18.8 Å². The van der Waals surface area contributed by atoms with E-state index in [9.17, 15) is 0 Å². The van der Waals surface area contributed by atoms with Gasteiger partial charge in [-0.1, -0.05) is 114 Å². The zero-order chi connectivity index (χ0) is 30.3. The van der Waals surface area contributed by atoms with Gasteiger partial charge in [-0.3, -0.25) is 0 Å². The number of benzene rings is 5. The van der Waals surface area contributed by atoms with Gasteiger partial charge in [-0.15, -0.1) is 0 Å². The molecular weight excluding hydrogens is 518 g/mol. The molecule has 5 aromatic carbocycles. The smallest absolute Gasteiger partial charge is 0.0366 e. The Morgan fingerprint density at radius 2 is 0.953 bits per heavy atom. The van der Waals surface area contributed by atoms with E-state index < -0.39 is 0 Å². The molecule has 0 heterocycles. The van der Waals surface area contributed by atoms with Crippen molar-refractivity contribution in [1.82, 2.24) is 0 Å². The number of anilines is 1. The highest BCUT2D eigenvalue weighted by Crippen LogP contribution is 2.32. The molecule has 0 aromatic heterocycles. The third kappa shape index (κ3) is 7.07. The highest BCUT2D eigenvalue weighted by molar-refractivity contribution is 5.94. The van der Waals surface area contributed by atoms with Crippen LogP contribution in [0.15, 0.2) is 115 Å². The summed E-state index contributed by atoms with van der Waals surface area (Å²) >= 11 is 0. The van der Waals surface area contributed by atoms with Crippen LogP contribution in [0.25, 0.3) is 23.3 Å². The van der Waals surface area contributed by atoms with E-state index in [1.165, 1.54) is 72.5 Å². The first-order valence-corrected chi connectivity index (χ1v) is 15.5. The molecule has 0 N–H and O–H groups in total. The van der Waals surface area contributed by atoms with E-state index in [1.807, 2.05) is 0 Å². The number of hydrogen-bond donors (Lipinski definition) is 0. The quantitative estimate of drug-likeness (QED) is 0.162. The van der Waals surface area contributed by atoms with E-state index in [0.29, 0.717) is 0 Å². The van der Waals surface area contributed by atoms with E-state index >= 15 is 0 Å². The van der Waals surface area contributed by atoms with E-state index in [-0.39, 0.29) is 0 Å². The van der Waals surface area contributed by atoms with Crippen LogP contribution in [0.3, 0.4) is 0 Å². The van der Waals surface area contributed by atoms with Crippen LogP contribution in [0.1, 0.15) is 69.5 Å². The SMILES string of the molecule is CCN(CC)c1ccc(/C(=C/c2ccc(/C=C(\c3ccccc3)c3ccc(C)cc3C)cc2)c2ccc(C)cc2C)cc1. The molecule has 5 aromatic rings. The highest BCUT2D eigenvalue weighted by atomic mass is 15.1. The van der Waals surface area contributed by atoms with Gasteiger partial charge in [0.1, 0.15) is 0 Å². The first kappa shape index (κ1) is 29.9. The molecule has 5 rings (SSSR count). The van der Waals surface area contributed by atoms with Gasteiger partial charge in [0.2, 0.25) is 0 Å². The second kappa shape index (κ2) is 13.6. The average Bonchev–Trinajstić information content (AvgIpc) is 3.01. The molecule has 0 aliphatic carbocycles. The van der Waals surface area contributed by atoms with Gasteiger partial charge in [-0.2, -0.15) is 0 Å². The lowest BCUT2D eigenvalue weighted by Gasteiger charge is -2.21. The molecule has 1 nitrogen and oxygen atoms in total. The summed E-state index contributed by atoms with van der Waals surface area (Å²) in [6.07, 6.45) is 4.65. The molecule has 0 atom stereocenters. The maximum absolute atomic E-state index is 2.39. The first-order valence-electron chi connectivity index (χ1n) is 15.5. The lowest BCUT2D eigenvalue weighted by molar-refractivity contribution is 0.866. The fourth-order valence-corrected chi connectivity index (χ4v) is 5.94. The Balaban J connectivity index is 1.55. The molecule has 216 valence electrons. The Labute approximate surface area is 258 Å². The molecule has 1 heteroatoms. The summed E-state index contributed by atoms with van der Waals surface area (Å²) in [6.45, 7) is 15.2. The Morgan fingerprint density at radius 3 is 1.37 bits per heavy atom. The molecule has 0 bridgehead atoms. The summed E-state index contributed by atoms with van der Waals surface area (Å²) in [4.78, 5) is 2.39. The second-order valence-corrected chi connectivity index (χ2v) is 11.5. The zero-order valence-corrected chi connectivity index (χ0v) is 26.5. The number of rotatable bonds is 9. The third-order valence-corrected chi connectivity index (χ3v) is 8.29. The Kier molecular flexibility index (Phi) is 9.42. The number of aryl methyl sites for hydroxylation is 4. The van der Waals surface area contributed by atoms with Crippen molar-refractivity contribution in [2.75, 3.05) is 18.0 Å². The van der Waals surface area contributed by atoms with Crippen LogP contribution >= 0.6 is 0 Å². The van der Waals surface area contributed by atoms with E-state index in [1.54, 1.807) is 0 Å². The molecule has 0 aliphatic heterocycles. The lowest BCUT2D eigenvalue weighted by atomic mass is 9.90. The van der Waals surface area contributed by atoms with E-state index in [0.717, 1.165) is 13.1 Å². The van der Waals surface area contributed by atoms with Gasteiger partial charge in [-0.25, -0.2) is 0 Å². The summed E-state index contributed by atoms with van der Waals surface area (Å²) in [5, 5.41) is 0. The molecule has 0 aliphatic rings. The number of nitrogens with zero attached hydrogens (tertiary/aromatic N) is 1. The standard InChI is InChI=1S/C42H43N/c1-7-43(8-2)38-22-20-37(21-23-38)42(40-25-15-31(4)27-33(40)6)29-35-18-16-34(17-19-35)28-41(36-12-10-9-11-13-36)39-24-14-30(3)26-32(39)5/h9-29H,7-8H2,1-6H3/b41-28+,42-29-. The monoisotopic (exact) mass is 561 g/mol. The lowest BCUT2D eigenvalue weighted by Crippen LogP contribution is -2.21. The molecule has 0 radical (unpaired) electrons. The van der Waals surface area contributed by atoms with Gasteiger partial charge < -0.3 is 4.90 Å². The van der Waals surface area contributed by atoms with Crippen molar-refractivity contribution in [3.63, 3.8) is 0 Å². The second-order valence-electron chi connectivity index (χ2n) is 11.5. The van der Waals surface area contributed by atoms with Crippen LogP contribution in [-0.4, -0.2) is 13.1 Å². The minimum absolute atomic E-state index is 1.01. The van der Waals surface area contributed by atoms with Crippen molar-refractivity contribution < 1.29 is 0 Å². The van der Waals surface area contributed by atoms with Crippen LogP contribution in [-0.2, 0) is 0 Å². The largest absolute Gasteiger partial charge is 0.372 e. The average molecular weight is 562 g/mol. The van der Waals surface area contributed by atoms with Crippen LogP contribution < -0.4 is 4.90 Å². The summed E-state index contributed by atoms with van der Waals surface area (Å²) in [7, 11) is 0. The molecule has 0 unspecified atom stereocenters. The normalized spacial score (nSPS) is 12.0. The van der Waals surface area contributed by atoms with Crippen LogP contribution in [0.2, 0.25) is 0 Å². The van der Waals surface area contributed by atoms with Crippen LogP contribution in [0.4, 0.5) is 5.69 Å². The van der Waals surface area contributed by atoms with Gasteiger partial charge in [0.15, 0.2) is 0 Å². The molecule has 0 saturated carbocycles. The minimum atomic E-state index is 1.01. The van der Waals surface area contributed by atoms with E-state index in [4.69, 9.17) is 0 Å². The minimum Gasteiger partial charge on any atom is -0.372 e. The van der Waals surface area contributed by atoms with Crippen molar-refractivity contribution in [2.45, 2.75) is 41.5 Å². The van der Waals surface area contributed by atoms with Crippen molar-refractivity contribution >= 4 is 29.0 Å². The topological polar surface area (TPSA) is 3.24 Å². The molecule has 0 fully saturated rings. The Bertz CT molecular complexity index is 1730. The fraction of sp³-hybridized carbons (Fsp3) is 0.190. The third-order valence-electron chi connectivity index (χ3n) is 8.29. The molecule has 0 spiro atoms. The number of hydrogen-bond acceptors (Lipinski definition) is 1. The van der Waals surface area contributed by atoms with Crippen molar-refractivity contribution in [1.29, 1.82) is 0 Å². The van der Waals surface area contributed by atoms with Crippen LogP contribution in [0.5, 0.6) is 0 Å². The molecule has 0 amide bonds. The van der Waals surface area contributed by atoms with Crippen molar-refractivity contribution in [3.05, 3.63) is 171 Å². The van der Waals surface area contributed by atoms with Crippen molar-refractivity contribution in [2.24, 2.45) is 0 Å². The Hall–Kier alpha value is -4.62. The van der Waals surface area contributed by atoms with Gasteiger partial charge >= 0.3 is 0 Å². The van der Waals surface area contributed by atoms with E-state index in [2.05, 4.69) is 174 Å². The van der Waals surface area contributed by atoms with Gasteiger partial charge in [0.05, 0.1) is 0 Å². The fourth-order valence-electron chi connectivity index (χ4n) is 5.94. The Morgan fingerprint density at radius 1 is 0.512 bits per heavy atom. The van der Waals surface area contributed by atoms with Crippen LogP contribution in [0, 0.1) is 27.7 Å². The maximum atomic E-state index is 2.39. The summed E-state index contributed by atoms with van der Waals surface area (Å²) in [6, 6.07) is 42.2. The summed E-state index contributed by atoms with van der Waals surface area (Å²) < 4.78 is 0. The summed E-state index contributed by atoms with van der Waals surface area (Å²) in [5.41, 5.74) is 16.3. The molecule has 0 saturated heterocycles. The predicted octanol–water partition coefficient (Wildman–Crippen LogP) is 10.9. The molecule has 43 heavy (non-hydrogen) atoms. The van der Waals surface area contributed by atoms with Crippen molar-refractivity contribution in [3.8, 4) is 0 Å².